The molecule has 1 aromatic rings. The number of halogens is 2. The van der Waals surface area contributed by atoms with Gasteiger partial charge in [-0.15, -0.1) is 0 Å². The van der Waals surface area contributed by atoms with Crippen molar-refractivity contribution in [3.8, 4) is 0 Å². The Labute approximate surface area is 135 Å². The number of hydrogen-bond donors (Lipinski definition) is 2. The van der Waals surface area contributed by atoms with E-state index in [9.17, 15) is 4.79 Å². The van der Waals surface area contributed by atoms with Crippen LogP contribution in [0.1, 0.15) is 19.3 Å². The molecule has 1 aliphatic heterocycles. The predicted molar refractivity (Wildman–Crippen MR) is 88.2 cm³/mol. The summed E-state index contributed by atoms with van der Waals surface area (Å²) >= 11 is 12.0. The minimum Gasteiger partial charge on any atom is -0.324 e. The fraction of sp³-hybridized carbons (Fsp3) is 0.533. The van der Waals surface area contributed by atoms with Gasteiger partial charge in [-0.1, -0.05) is 29.3 Å². The minimum atomic E-state index is -0.0705. The Bertz CT molecular complexity index is 488. The highest BCUT2D eigenvalue weighted by molar-refractivity contribution is 6.43. The summed E-state index contributed by atoms with van der Waals surface area (Å²) in [5.74, 6) is -0.0705. The second-order valence-corrected chi connectivity index (χ2v) is 6.18. The lowest BCUT2D eigenvalue weighted by Gasteiger charge is -2.26. The number of likely N-dealkylation sites (N-methyl/N-ethyl adjacent to an activating group) is 1. The number of nitrogens with one attached hydrogen (secondary N) is 2. The lowest BCUT2D eigenvalue weighted by Crippen LogP contribution is -2.38. The van der Waals surface area contributed by atoms with E-state index in [1.54, 1.807) is 18.2 Å². The van der Waals surface area contributed by atoms with Crippen LogP contribution in [0.15, 0.2) is 18.2 Å². The second-order valence-electron chi connectivity index (χ2n) is 5.40. The normalized spacial score (nSPS) is 19.3. The van der Waals surface area contributed by atoms with E-state index < -0.39 is 0 Å². The van der Waals surface area contributed by atoms with E-state index in [-0.39, 0.29) is 5.91 Å². The van der Waals surface area contributed by atoms with E-state index in [1.165, 1.54) is 0 Å². The molecule has 1 heterocycles. The molecule has 6 heteroatoms. The van der Waals surface area contributed by atoms with Crippen LogP contribution >= 0.6 is 23.2 Å². The van der Waals surface area contributed by atoms with Gasteiger partial charge in [0.05, 0.1) is 22.3 Å². The van der Waals surface area contributed by atoms with Crippen molar-refractivity contribution in [1.29, 1.82) is 0 Å². The quantitative estimate of drug-likeness (QED) is 0.892. The Hall–Kier alpha value is -0.810. The SMILES string of the molecule is CN(CC(=O)Nc1cccc(Cl)c1Cl)C1CCCNCC1. The summed E-state index contributed by atoms with van der Waals surface area (Å²) in [6, 6.07) is 5.66. The van der Waals surface area contributed by atoms with E-state index in [4.69, 9.17) is 23.2 Å². The first kappa shape index (κ1) is 16.6. The maximum atomic E-state index is 12.1. The number of anilines is 1. The minimum absolute atomic E-state index is 0.0705. The number of rotatable bonds is 4. The smallest absolute Gasteiger partial charge is 0.238 e. The van der Waals surface area contributed by atoms with Crippen LogP contribution in [-0.2, 0) is 4.79 Å². The van der Waals surface area contributed by atoms with Crippen molar-refractivity contribution in [2.24, 2.45) is 0 Å². The topological polar surface area (TPSA) is 44.4 Å². The molecule has 116 valence electrons. The van der Waals surface area contributed by atoms with Crippen LogP contribution in [0, 0.1) is 0 Å². The number of carbonyl (C=O) groups is 1. The van der Waals surface area contributed by atoms with Gasteiger partial charge in [-0.25, -0.2) is 0 Å². The Balaban J connectivity index is 1.90. The first-order valence-corrected chi connectivity index (χ1v) is 7.98. The zero-order valence-electron chi connectivity index (χ0n) is 12.2. The largest absolute Gasteiger partial charge is 0.324 e. The highest BCUT2D eigenvalue weighted by Gasteiger charge is 2.19. The summed E-state index contributed by atoms with van der Waals surface area (Å²) in [5.41, 5.74) is 0.560. The Morgan fingerprint density at radius 1 is 1.38 bits per heavy atom. The molecule has 2 rings (SSSR count). The van der Waals surface area contributed by atoms with Gasteiger partial charge in [0.25, 0.3) is 0 Å². The molecule has 1 aliphatic rings. The molecule has 0 spiro atoms. The van der Waals surface area contributed by atoms with E-state index in [0.29, 0.717) is 28.3 Å². The molecule has 1 atom stereocenters. The van der Waals surface area contributed by atoms with Crippen LogP contribution in [0.4, 0.5) is 5.69 Å². The van der Waals surface area contributed by atoms with Gasteiger partial charge in [-0.05, 0) is 51.5 Å². The van der Waals surface area contributed by atoms with Gasteiger partial charge in [0, 0.05) is 6.04 Å². The third kappa shape index (κ3) is 4.85. The van der Waals surface area contributed by atoms with Gasteiger partial charge < -0.3 is 10.6 Å². The van der Waals surface area contributed by atoms with E-state index in [2.05, 4.69) is 15.5 Å². The van der Waals surface area contributed by atoms with Gasteiger partial charge >= 0.3 is 0 Å². The summed E-state index contributed by atoms with van der Waals surface area (Å²) in [6.45, 7) is 2.43. The second kappa shape index (κ2) is 7.99. The Morgan fingerprint density at radius 2 is 2.19 bits per heavy atom. The number of nitrogens with zero attached hydrogens (tertiary/aromatic N) is 1. The molecule has 1 saturated heterocycles. The first-order chi connectivity index (χ1) is 10.1. The molecular formula is C15H21Cl2N3O. The van der Waals surface area contributed by atoms with Crippen molar-refractivity contribution in [2.45, 2.75) is 25.3 Å². The van der Waals surface area contributed by atoms with Crippen LogP contribution in [0.25, 0.3) is 0 Å². The predicted octanol–water partition coefficient (Wildman–Crippen LogP) is 3.01. The molecule has 0 radical (unpaired) electrons. The summed E-state index contributed by atoms with van der Waals surface area (Å²) in [5, 5.41) is 7.03. The number of hydrogen-bond acceptors (Lipinski definition) is 3. The third-order valence-electron chi connectivity index (χ3n) is 3.79. The number of carbonyl (C=O) groups excluding carboxylic acids is 1. The molecule has 0 aromatic heterocycles. The Morgan fingerprint density at radius 3 is 3.00 bits per heavy atom. The lowest BCUT2D eigenvalue weighted by atomic mass is 10.1. The molecule has 0 saturated carbocycles. The fourth-order valence-electron chi connectivity index (χ4n) is 2.59. The maximum absolute atomic E-state index is 12.1. The molecule has 1 unspecified atom stereocenters. The Kier molecular flexibility index (Phi) is 6.30. The van der Waals surface area contributed by atoms with Crippen LogP contribution in [0.2, 0.25) is 10.0 Å². The molecule has 21 heavy (non-hydrogen) atoms. The standard InChI is InChI=1S/C15H21Cl2N3O/c1-20(11-4-3-8-18-9-7-11)10-14(21)19-13-6-2-5-12(16)15(13)17/h2,5-6,11,18H,3-4,7-10H2,1H3,(H,19,21). The first-order valence-electron chi connectivity index (χ1n) is 7.22. The zero-order valence-corrected chi connectivity index (χ0v) is 13.7. The average molecular weight is 330 g/mol. The van der Waals surface area contributed by atoms with Gasteiger partial charge in [0.2, 0.25) is 5.91 Å². The average Bonchev–Trinajstić information content (AvgIpc) is 2.73. The van der Waals surface area contributed by atoms with Gasteiger partial charge in [0.15, 0.2) is 0 Å². The van der Waals surface area contributed by atoms with Crippen molar-refractivity contribution in [1.82, 2.24) is 10.2 Å². The molecule has 0 bridgehead atoms. The summed E-state index contributed by atoms with van der Waals surface area (Å²) in [6.07, 6.45) is 3.34. The fourth-order valence-corrected chi connectivity index (χ4v) is 2.93. The van der Waals surface area contributed by atoms with Crippen LogP contribution < -0.4 is 10.6 Å². The molecule has 0 aliphatic carbocycles. The van der Waals surface area contributed by atoms with Crippen molar-refractivity contribution in [3.63, 3.8) is 0 Å². The number of amides is 1. The highest BCUT2D eigenvalue weighted by atomic mass is 35.5. The lowest BCUT2D eigenvalue weighted by molar-refractivity contribution is -0.117. The van der Waals surface area contributed by atoms with E-state index in [1.807, 2.05) is 7.05 Å². The summed E-state index contributed by atoms with van der Waals surface area (Å²) < 4.78 is 0. The summed E-state index contributed by atoms with van der Waals surface area (Å²) in [7, 11) is 2.00. The van der Waals surface area contributed by atoms with Gasteiger partial charge in [-0.3, -0.25) is 9.69 Å². The molecule has 1 fully saturated rings. The van der Waals surface area contributed by atoms with E-state index in [0.717, 1.165) is 32.4 Å². The number of benzene rings is 1. The van der Waals surface area contributed by atoms with Crippen molar-refractivity contribution < 1.29 is 4.79 Å². The van der Waals surface area contributed by atoms with E-state index >= 15 is 0 Å². The van der Waals surface area contributed by atoms with Gasteiger partial charge in [0.1, 0.15) is 0 Å². The van der Waals surface area contributed by atoms with Crippen molar-refractivity contribution >= 4 is 34.8 Å². The molecular weight excluding hydrogens is 309 g/mol. The zero-order chi connectivity index (χ0) is 15.2. The summed E-state index contributed by atoms with van der Waals surface area (Å²) in [4.78, 5) is 14.3. The van der Waals surface area contributed by atoms with Crippen molar-refractivity contribution in [2.75, 3.05) is 32.0 Å². The maximum Gasteiger partial charge on any atom is 0.238 e. The molecule has 1 amide bonds. The molecule has 4 nitrogen and oxygen atoms in total. The van der Waals surface area contributed by atoms with Gasteiger partial charge in [-0.2, -0.15) is 0 Å². The monoisotopic (exact) mass is 329 g/mol. The molecule has 1 aromatic carbocycles. The highest BCUT2D eigenvalue weighted by Crippen LogP contribution is 2.29. The van der Waals surface area contributed by atoms with Crippen LogP contribution in [0.5, 0.6) is 0 Å². The van der Waals surface area contributed by atoms with Crippen LogP contribution in [0.3, 0.4) is 0 Å². The van der Waals surface area contributed by atoms with Crippen LogP contribution in [-0.4, -0.2) is 43.5 Å². The van der Waals surface area contributed by atoms with Crippen molar-refractivity contribution in [3.05, 3.63) is 28.2 Å². The molecule has 2 N–H and O–H groups in total. The third-order valence-corrected chi connectivity index (χ3v) is 4.61.